The number of aliphatic carboxylic acids is 1. The van der Waals surface area contributed by atoms with E-state index in [2.05, 4.69) is 0 Å². The van der Waals surface area contributed by atoms with Gasteiger partial charge in [0, 0.05) is 26.2 Å². The standard InChI is InChI=1S/C17H22FN3O3/c18-13-4-1-2-5-14(13)19-8-10-20(11-9-19)16(22)12-21-7-3-6-15(21)17(23)24/h1-2,4-5,15H,3,6-12H2,(H,23,24). The number of hydrogen-bond acceptors (Lipinski definition) is 4. The van der Waals surface area contributed by atoms with E-state index in [-0.39, 0.29) is 18.3 Å². The third kappa shape index (κ3) is 3.51. The van der Waals surface area contributed by atoms with Crippen LogP contribution in [0.3, 0.4) is 0 Å². The number of anilines is 1. The molecule has 2 fully saturated rings. The lowest BCUT2D eigenvalue weighted by molar-refractivity contribution is -0.143. The van der Waals surface area contributed by atoms with E-state index in [1.807, 2.05) is 4.90 Å². The number of piperazine rings is 1. The van der Waals surface area contributed by atoms with Crippen molar-refractivity contribution < 1.29 is 19.1 Å². The van der Waals surface area contributed by atoms with Crippen molar-refractivity contribution in [3.8, 4) is 0 Å². The molecule has 0 aromatic heterocycles. The van der Waals surface area contributed by atoms with Crippen LogP contribution in [0.1, 0.15) is 12.8 Å². The summed E-state index contributed by atoms with van der Waals surface area (Å²) in [5.74, 6) is -1.15. The number of rotatable bonds is 4. The third-order valence-corrected chi connectivity index (χ3v) is 4.81. The molecule has 0 bridgehead atoms. The molecule has 0 aliphatic carbocycles. The molecule has 1 unspecified atom stereocenters. The average Bonchev–Trinajstić information content (AvgIpc) is 3.04. The Hall–Kier alpha value is -2.15. The average molecular weight is 335 g/mol. The maximum atomic E-state index is 13.8. The molecule has 1 N–H and O–H groups in total. The summed E-state index contributed by atoms with van der Waals surface area (Å²) in [5.41, 5.74) is 0.565. The predicted molar refractivity (Wildman–Crippen MR) is 87.4 cm³/mol. The molecule has 1 amide bonds. The third-order valence-electron chi connectivity index (χ3n) is 4.81. The van der Waals surface area contributed by atoms with Crippen LogP contribution in [0.25, 0.3) is 0 Å². The van der Waals surface area contributed by atoms with Crippen molar-refractivity contribution in [3.63, 3.8) is 0 Å². The van der Waals surface area contributed by atoms with Gasteiger partial charge in [-0.05, 0) is 31.5 Å². The van der Waals surface area contributed by atoms with Gasteiger partial charge >= 0.3 is 5.97 Å². The highest BCUT2D eigenvalue weighted by Gasteiger charge is 2.33. The van der Waals surface area contributed by atoms with Crippen LogP contribution in [0.2, 0.25) is 0 Å². The van der Waals surface area contributed by atoms with E-state index < -0.39 is 12.0 Å². The Bertz CT molecular complexity index is 617. The number of likely N-dealkylation sites (tertiary alicyclic amines) is 1. The summed E-state index contributed by atoms with van der Waals surface area (Å²) in [7, 11) is 0. The Morgan fingerprint density at radius 3 is 2.50 bits per heavy atom. The first-order valence-corrected chi connectivity index (χ1v) is 8.30. The molecule has 24 heavy (non-hydrogen) atoms. The summed E-state index contributed by atoms with van der Waals surface area (Å²) >= 11 is 0. The van der Waals surface area contributed by atoms with Gasteiger partial charge in [-0.2, -0.15) is 0 Å². The maximum absolute atomic E-state index is 13.8. The van der Waals surface area contributed by atoms with E-state index in [9.17, 15) is 19.1 Å². The lowest BCUT2D eigenvalue weighted by atomic mass is 10.2. The second-order valence-corrected chi connectivity index (χ2v) is 6.29. The number of carboxylic acid groups (broad SMARTS) is 1. The van der Waals surface area contributed by atoms with Crippen molar-refractivity contribution in [1.82, 2.24) is 9.80 Å². The number of para-hydroxylation sites is 1. The second-order valence-electron chi connectivity index (χ2n) is 6.29. The summed E-state index contributed by atoms with van der Waals surface area (Å²) in [5, 5.41) is 9.18. The number of nitrogens with zero attached hydrogens (tertiary/aromatic N) is 3. The first-order chi connectivity index (χ1) is 11.6. The minimum absolute atomic E-state index is 0.0451. The largest absolute Gasteiger partial charge is 0.480 e. The van der Waals surface area contributed by atoms with Crippen LogP contribution < -0.4 is 4.90 Å². The number of carboxylic acids is 1. The topological polar surface area (TPSA) is 64.1 Å². The van der Waals surface area contributed by atoms with Crippen LogP contribution in [-0.4, -0.2) is 72.1 Å². The summed E-state index contributed by atoms with van der Waals surface area (Å²) in [4.78, 5) is 29.1. The molecular formula is C17H22FN3O3. The Balaban J connectivity index is 1.54. The quantitative estimate of drug-likeness (QED) is 0.890. The normalized spacial score (nSPS) is 22.0. The molecule has 2 aliphatic heterocycles. The zero-order valence-electron chi connectivity index (χ0n) is 13.5. The smallest absolute Gasteiger partial charge is 0.320 e. The van der Waals surface area contributed by atoms with Crippen LogP contribution >= 0.6 is 0 Å². The molecule has 3 rings (SSSR count). The Labute approximate surface area is 140 Å². The monoisotopic (exact) mass is 335 g/mol. The zero-order valence-corrected chi connectivity index (χ0v) is 13.5. The van der Waals surface area contributed by atoms with Gasteiger partial charge in [0.2, 0.25) is 5.91 Å². The van der Waals surface area contributed by atoms with Crippen molar-refractivity contribution in [3.05, 3.63) is 30.1 Å². The molecule has 1 atom stereocenters. The number of benzene rings is 1. The van der Waals surface area contributed by atoms with Crippen molar-refractivity contribution in [1.29, 1.82) is 0 Å². The molecule has 6 nitrogen and oxygen atoms in total. The summed E-state index contributed by atoms with van der Waals surface area (Å²) in [6, 6.07) is 6.09. The molecule has 1 aromatic rings. The number of hydrogen-bond donors (Lipinski definition) is 1. The van der Waals surface area contributed by atoms with E-state index in [1.165, 1.54) is 6.07 Å². The lowest BCUT2D eigenvalue weighted by Crippen LogP contribution is -2.52. The first-order valence-electron chi connectivity index (χ1n) is 8.30. The van der Waals surface area contributed by atoms with Gasteiger partial charge in [-0.1, -0.05) is 12.1 Å². The molecule has 130 valence electrons. The molecule has 2 heterocycles. The Morgan fingerprint density at radius 1 is 1.12 bits per heavy atom. The zero-order chi connectivity index (χ0) is 17.1. The van der Waals surface area contributed by atoms with Crippen molar-refractivity contribution >= 4 is 17.6 Å². The van der Waals surface area contributed by atoms with Gasteiger partial charge in [-0.3, -0.25) is 14.5 Å². The highest BCUT2D eigenvalue weighted by atomic mass is 19.1. The summed E-state index contributed by atoms with van der Waals surface area (Å²) in [6.45, 7) is 3.01. The van der Waals surface area contributed by atoms with Crippen LogP contribution in [0.4, 0.5) is 10.1 Å². The van der Waals surface area contributed by atoms with Gasteiger partial charge in [0.05, 0.1) is 12.2 Å². The SMILES string of the molecule is O=C(O)C1CCCN1CC(=O)N1CCN(c2ccccc2F)CC1. The van der Waals surface area contributed by atoms with Gasteiger partial charge in [0.25, 0.3) is 0 Å². The number of carbonyl (C=O) groups is 2. The molecule has 1 aromatic carbocycles. The minimum atomic E-state index is -0.857. The fourth-order valence-electron chi connectivity index (χ4n) is 3.47. The van der Waals surface area contributed by atoms with Gasteiger partial charge in [-0.25, -0.2) is 4.39 Å². The minimum Gasteiger partial charge on any atom is -0.480 e. The number of halogens is 1. The Morgan fingerprint density at radius 2 is 1.83 bits per heavy atom. The summed E-state index contributed by atoms with van der Waals surface area (Å²) in [6.07, 6.45) is 1.41. The molecule has 7 heteroatoms. The van der Waals surface area contributed by atoms with E-state index in [0.29, 0.717) is 44.8 Å². The van der Waals surface area contributed by atoms with Crippen molar-refractivity contribution in [2.45, 2.75) is 18.9 Å². The van der Waals surface area contributed by atoms with Crippen molar-refractivity contribution in [2.24, 2.45) is 0 Å². The fraction of sp³-hybridized carbons (Fsp3) is 0.529. The maximum Gasteiger partial charge on any atom is 0.320 e. The van der Waals surface area contributed by atoms with Gasteiger partial charge in [0.15, 0.2) is 0 Å². The number of carbonyl (C=O) groups excluding carboxylic acids is 1. The van der Waals surface area contributed by atoms with Gasteiger partial charge < -0.3 is 14.9 Å². The molecular weight excluding hydrogens is 313 g/mol. The second kappa shape index (κ2) is 7.17. The fourth-order valence-corrected chi connectivity index (χ4v) is 3.47. The van der Waals surface area contributed by atoms with Crippen LogP contribution in [-0.2, 0) is 9.59 Å². The highest BCUT2D eigenvalue weighted by molar-refractivity contribution is 5.80. The van der Waals surface area contributed by atoms with E-state index >= 15 is 0 Å². The number of amides is 1. The van der Waals surface area contributed by atoms with E-state index in [4.69, 9.17) is 0 Å². The van der Waals surface area contributed by atoms with Crippen LogP contribution in [0.15, 0.2) is 24.3 Å². The van der Waals surface area contributed by atoms with Gasteiger partial charge in [-0.15, -0.1) is 0 Å². The molecule has 2 saturated heterocycles. The molecule has 0 saturated carbocycles. The van der Waals surface area contributed by atoms with Crippen LogP contribution in [0.5, 0.6) is 0 Å². The Kier molecular flexibility index (Phi) is 4.99. The highest BCUT2D eigenvalue weighted by Crippen LogP contribution is 2.21. The van der Waals surface area contributed by atoms with Crippen LogP contribution in [0, 0.1) is 5.82 Å². The summed E-state index contributed by atoms with van der Waals surface area (Å²) < 4.78 is 13.8. The van der Waals surface area contributed by atoms with Crippen molar-refractivity contribution in [2.75, 3.05) is 44.2 Å². The van der Waals surface area contributed by atoms with Gasteiger partial charge in [0.1, 0.15) is 11.9 Å². The predicted octanol–water partition coefficient (Wildman–Crippen LogP) is 1.02. The molecule has 2 aliphatic rings. The molecule has 0 radical (unpaired) electrons. The van der Waals surface area contributed by atoms with E-state index in [1.54, 1.807) is 28.0 Å². The molecule has 0 spiro atoms. The van der Waals surface area contributed by atoms with E-state index in [0.717, 1.165) is 6.42 Å². The lowest BCUT2D eigenvalue weighted by Gasteiger charge is -2.37. The first kappa shape index (κ1) is 16.7.